The van der Waals surface area contributed by atoms with Gasteiger partial charge in [-0.15, -0.1) is 0 Å². The second kappa shape index (κ2) is 6.94. The number of ether oxygens (including phenoxy) is 1. The Kier molecular flexibility index (Phi) is 4.74. The first-order chi connectivity index (χ1) is 11.1. The molecule has 1 aliphatic rings. The van der Waals surface area contributed by atoms with Gasteiger partial charge in [0.25, 0.3) is 0 Å². The van der Waals surface area contributed by atoms with Crippen molar-refractivity contribution in [1.29, 1.82) is 0 Å². The van der Waals surface area contributed by atoms with Crippen LogP contribution in [0.1, 0.15) is 11.1 Å². The van der Waals surface area contributed by atoms with Crippen LogP contribution in [0, 0.1) is 0 Å². The van der Waals surface area contributed by atoms with Crippen LogP contribution in [-0.4, -0.2) is 11.9 Å². The number of rotatable bonds is 3. The van der Waals surface area contributed by atoms with Crippen molar-refractivity contribution in [1.82, 2.24) is 0 Å². The van der Waals surface area contributed by atoms with Crippen LogP contribution in [0.3, 0.4) is 0 Å². The van der Waals surface area contributed by atoms with Gasteiger partial charge in [0.15, 0.2) is 5.70 Å². The number of cyclic esters (lactones) is 1. The van der Waals surface area contributed by atoms with Gasteiger partial charge in [-0.3, -0.25) is 0 Å². The van der Waals surface area contributed by atoms with Crippen molar-refractivity contribution in [2.24, 2.45) is 4.99 Å². The van der Waals surface area contributed by atoms with Gasteiger partial charge in [-0.25, -0.2) is 9.79 Å². The minimum Gasteiger partial charge on any atom is -0.402 e. The first-order valence-corrected chi connectivity index (χ1v) is 8.00. The molecular weight excluding hydrogens is 378 g/mol. The normalized spacial score (nSPS) is 16.4. The quantitative estimate of drug-likeness (QED) is 0.553. The van der Waals surface area contributed by atoms with E-state index in [1.165, 1.54) is 6.08 Å². The molecule has 0 saturated heterocycles. The molecule has 0 aromatic heterocycles. The zero-order valence-electron chi connectivity index (χ0n) is 11.9. The lowest BCUT2D eigenvalue weighted by atomic mass is 10.2. The van der Waals surface area contributed by atoms with E-state index in [4.69, 9.17) is 16.3 Å². The fourth-order valence-corrected chi connectivity index (χ4v) is 2.50. The summed E-state index contributed by atoms with van der Waals surface area (Å²) in [6, 6.07) is 16.9. The van der Waals surface area contributed by atoms with E-state index in [2.05, 4.69) is 20.9 Å². The standard InChI is InChI=1S/C18H11BrClNO2/c19-14-8-6-13(7-9-14)17-21-16(18(22)23-17)11-15(20)10-12-4-2-1-3-5-12/h1-11H. The Morgan fingerprint density at radius 1 is 1.09 bits per heavy atom. The van der Waals surface area contributed by atoms with E-state index in [1.807, 2.05) is 54.6 Å². The Morgan fingerprint density at radius 3 is 2.48 bits per heavy atom. The molecule has 23 heavy (non-hydrogen) atoms. The van der Waals surface area contributed by atoms with Gasteiger partial charge in [0.05, 0.1) is 0 Å². The number of hydrogen-bond donors (Lipinski definition) is 0. The summed E-state index contributed by atoms with van der Waals surface area (Å²) in [7, 11) is 0. The fourth-order valence-electron chi connectivity index (χ4n) is 2.01. The molecule has 1 heterocycles. The second-order valence-electron chi connectivity index (χ2n) is 4.78. The Labute approximate surface area is 147 Å². The summed E-state index contributed by atoms with van der Waals surface area (Å²) in [6.45, 7) is 0. The Morgan fingerprint density at radius 2 is 1.78 bits per heavy atom. The van der Waals surface area contributed by atoms with E-state index in [1.54, 1.807) is 6.08 Å². The summed E-state index contributed by atoms with van der Waals surface area (Å²) in [5.41, 5.74) is 1.85. The minimum absolute atomic E-state index is 0.181. The number of carbonyl (C=O) groups excluding carboxylic acids is 1. The van der Waals surface area contributed by atoms with Crippen molar-refractivity contribution in [3.05, 3.63) is 87.0 Å². The number of esters is 1. The summed E-state index contributed by atoms with van der Waals surface area (Å²) in [5, 5.41) is 0.406. The lowest BCUT2D eigenvalue weighted by Crippen LogP contribution is -2.05. The zero-order chi connectivity index (χ0) is 16.2. The monoisotopic (exact) mass is 387 g/mol. The molecule has 0 aliphatic carbocycles. The van der Waals surface area contributed by atoms with Crippen LogP contribution in [0.5, 0.6) is 0 Å². The topological polar surface area (TPSA) is 38.7 Å². The summed E-state index contributed by atoms with van der Waals surface area (Å²) < 4.78 is 6.13. The number of hydrogen-bond acceptors (Lipinski definition) is 3. The summed E-state index contributed by atoms with van der Waals surface area (Å²) >= 11 is 9.53. The van der Waals surface area contributed by atoms with Crippen LogP contribution in [0.15, 0.2) is 80.9 Å². The van der Waals surface area contributed by atoms with Crippen molar-refractivity contribution in [3.8, 4) is 0 Å². The Balaban J connectivity index is 1.86. The van der Waals surface area contributed by atoms with E-state index in [-0.39, 0.29) is 11.6 Å². The third-order valence-electron chi connectivity index (χ3n) is 3.09. The molecule has 0 amide bonds. The maximum Gasteiger partial charge on any atom is 0.363 e. The van der Waals surface area contributed by atoms with Gasteiger partial charge in [-0.1, -0.05) is 57.9 Å². The summed E-state index contributed by atoms with van der Waals surface area (Å²) in [5.74, 6) is -0.236. The summed E-state index contributed by atoms with van der Waals surface area (Å²) in [6.07, 6.45) is 3.26. The average molecular weight is 389 g/mol. The minimum atomic E-state index is -0.512. The van der Waals surface area contributed by atoms with Crippen LogP contribution in [-0.2, 0) is 9.53 Å². The molecule has 5 heteroatoms. The van der Waals surface area contributed by atoms with Crippen molar-refractivity contribution >= 4 is 45.5 Å². The van der Waals surface area contributed by atoms with Gasteiger partial charge in [0.2, 0.25) is 5.90 Å². The molecule has 3 rings (SSSR count). The number of nitrogens with zero attached hydrogens (tertiary/aromatic N) is 1. The predicted molar refractivity (Wildman–Crippen MR) is 95.1 cm³/mol. The largest absolute Gasteiger partial charge is 0.402 e. The molecule has 1 aliphatic heterocycles. The molecule has 0 N–H and O–H groups in total. The van der Waals surface area contributed by atoms with Crippen molar-refractivity contribution in [2.45, 2.75) is 0 Å². The molecule has 0 unspecified atom stereocenters. The Hall–Kier alpha value is -2.17. The van der Waals surface area contributed by atoms with Gasteiger partial charge in [-0.2, -0.15) is 0 Å². The van der Waals surface area contributed by atoms with Gasteiger partial charge in [0, 0.05) is 15.1 Å². The third kappa shape index (κ3) is 3.97. The number of carbonyl (C=O) groups is 1. The molecular formula is C18H11BrClNO2. The van der Waals surface area contributed by atoms with Crippen LogP contribution in [0.2, 0.25) is 0 Å². The molecule has 0 atom stereocenters. The lowest BCUT2D eigenvalue weighted by Gasteiger charge is -1.98. The maximum atomic E-state index is 11.9. The van der Waals surface area contributed by atoms with Crippen LogP contribution in [0.25, 0.3) is 6.08 Å². The Bertz CT molecular complexity index is 824. The highest BCUT2D eigenvalue weighted by Gasteiger charge is 2.24. The number of aliphatic imine (C=N–C) groups is 1. The molecule has 0 spiro atoms. The number of benzene rings is 2. The van der Waals surface area contributed by atoms with Gasteiger partial charge >= 0.3 is 5.97 Å². The van der Waals surface area contributed by atoms with E-state index in [0.717, 1.165) is 15.6 Å². The highest BCUT2D eigenvalue weighted by molar-refractivity contribution is 9.10. The first-order valence-electron chi connectivity index (χ1n) is 6.82. The molecule has 3 nitrogen and oxygen atoms in total. The van der Waals surface area contributed by atoms with Crippen LogP contribution < -0.4 is 0 Å². The lowest BCUT2D eigenvalue weighted by molar-refractivity contribution is -0.130. The molecule has 0 radical (unpaired) electrons. The molecule has 0 saturated carbocycles. The first kappa shape index (κ1) is 15.7. The maximum absolute atomic E-state index is 11.9. The predicted octanol–water partition coefficient (Wildman–Crippen LogP) is 4.92. The average Bonchev–Trinajstić information content (AvgIpc) is 2.90. The van der Waals surface area contributed by atoms with Crippen molar-refractivity contribution in [2.75, 3.05) is 0 Å². The smallest absolute Gasteiger partial charge is 0.363 e. The van der Waals surface area contributed by atoms with E-state index in [0.29, 0.717) is 5.03 Å². The van der Waals surface area contributed by atoms with E-state index >= 15 is 0 Å². The van der Waals surface area contributed by atoms with E-state index in [9.17, 15) is 4.79 Å². The molecule has 0 bridgehead atoms. The van der Waals surface area contributed by atoms with Gasteiger partial charge in [-0.05, 0) is 42.0 Å². The van der Waals surface area contributed by atoms with Crippen LogP contribution >= 0.6 is 27.5 Å². The van der Waals surface area contributed by atoms with E-state index < -0.39 is 5.97 Å². The van der Waals surface area contributed by atoms with Crippen molar-refractivity contribution in [3.63, 3.8) is 0 Å². The number of allylic oxidation sites excluding steroid dienone is 2. The molecule has 0 fully saturated rings. The molecule has 114 valence electrons. The van der Waals surface area contributed by atoms with Gasteiger partial charge in [0.1, 0.15) is 0 Å². The highest BCUT2D eigenvalue weighted by atomic mass is 79.9. The van der Waals surface area contributed by atoms with Gasteiger partial charge < -0.3 is 4.74 Å². The fraction of sp³-hybridized carbons (Fsp3) is 0. The second-order valence-corrected chi connectivity index (χ2v) is 6.13. The zero-order valence-corrected chi connectivity index (χ0v) is 14.2. The summed E-state index contributed by atoms with van der Waals surface area (Å²) in [4.78, 5) is 16.1. The molecule has 2 aromatic rings. The number of halogens is 2. The van der Waals surface area contributed by atoms with Crippen molar-refractivity contribution < 1.29 is 9.53 Å². The third-order valence-corrected chi connectivity index (χ3v) is 3.84. The molecule has 2 aromatic carbocycles. The highest BCUT2D eigenvalue weighted by Crippen LogP contribution is 2.21. The van der Waals surface area contributed by atoms with Crippen LogP contribution in [0.4, 0.5) is 0 Å². The SMILES string of the molecule is O=C1OC(c2ccc(Br)cc2)=NC1=CC(Cl)=Cc1ccccc1.